The maximum absolute atomic E-state index is 11.0. The molecule has 64 valence electrons. The molecule has 0 aliphatic carbocycles. The lowest BCUT2D eigenvalue weighted by molar-refractivity contribution is 0.0601. The minimum atomic E-state index is -1.91. The summed E-state index contributed by atoms with van der Waals surface area (Å²) in [7, 11) is 1.29. The van der Waals surface area contributed by atoms with Crippen LogP contribution in [-0.2, 0) is 10.6 Å². The molecule has 0 bridgehead atoms. The molecule has 2 nitrogen and oxygen atoms in total. The van der Waals surface area contributed by atoms with Crippen LogP contribution < -0.4 is 0 Å². The second-order valence-corrected chi connectivity index (χ2v) is 2.35. The van der Waals surface area contributed by atoms with Gasteiger partial charge in [-0.3, -0.25) is 0 Å². The maximum Gasteiger partial charge on any atom is 0.337 e. The van der Waals surface area contributed by atoms with Crippen LogP contribution >= 0.6 is 11.6 Å². The van der Waals surface area contributed by atoms with Crippen molar-refractivity contribution in [2.45, 2.75) is 5.83 Å². The van der Waals surface area contributed by atoms with Crippen LogP contribution in [0.1, 0.15) is 18.7 Å². The van der Waals surface area contributed by atoms with Gasteiger partial charge in [0.15, 0.2) is 0 Å². The van der Waals surface area contributed by atoms with Crippen molar-refractivity contribution in [3.05, 3.63) is 35.4 Å². The third-order valence-corrected chi connectivity index (χ3v) is 1.63. The molecule has 0 amide bonds. The van der Waals surface area contributed by atoms with Crippen LogP contribution in [0.3, 0.4) is 0 Å². The molecule has 1 aromatic carbocycles. The van der Waals surface area contributed by atoms with Gasteiger partial charge < -0.3 is 4.74 Å². The van der Waals surface area contributed by atoms with Crippen molar-refractivity contribution in [1.29, 1.82) is 0 Å². The molecule has 0 N–H and O–H groups in total. The Kier molecular flexibility index (Phi) is 2.23. The minimum absolute atomic E-state index is 0.312. The van der Waals surface area contributed by atoms with Crippen molar-refractivity contribution in [2.75, 3.05) is 7.11 Å². The molecule has 1 aromatic rings. The highest BCUT2D eigenvalue weighted by Gasteiger charge is 2.02. The lowest BCUT2D eigenvalue weighted by Gasteiger charge is -1.99. The zero-order chi connectivity index (χ0) is 10.8. The lowest BCUT2D eigenvalue weighted by atomic mass is 10.1. The van der Waals surface area contributed by atoms with E-state index < -0.39 is 11.8 Å². The number of benzene rings is 1. The van der Waals surface area contributed by atoms with Crippen molar-refractivity contribution in [3.8, 4) is 0 Å². The fourth-order valence-corrected chi connectivity index (χ4v) is 0.913. The molecule has 0 saturated carbocycles. The number of esters is 1. The van der Waals surface area contributed by atoms with Crippen LogP contribution in [0.25, 0.3) is 0 Å². The van der Waals surface area contributed by atoms with E-state index >= 15 is 0 Å². The molecule has 0 aromatic heterocycles. The number of halogens is 1. The molecule has 0 fully saturated rings. The van der Waals surface area contributed by atoms with Crippen molar-refractivity contribution in [2.24, 2.45) is 0 Å². The summed E-state index contributed by atoms with van der Waals surface area (Å²) in [6, 6.07) is 5.86. The standard InChI is InChI=1S/C9H9ClO2/c1-12-9(11)8-4-2-7(6-10)3-5-8/h2-5H,6H2,1H3/i6D2. The highest BCUT2D eigenvalue weighted by molar-refractivity contribution is 6.17. The summed E-state index contributed by atoms with van der Waals surface area (Å²) in [5.41, 5.74) is 0.684. The predicted octanol–water partition coefficient (Wildman–Crippen LogP) is 2.21. The number of hydrogen-bond acceptors (Lipinski definition) is 2. The summed E-state index contributed by atoms with van der Waals surface area (Å²) >= 11 is 5.44. The summed E-state index contributed by atoms with van der Waals surface area (Å²) in [5, 5.41) is 0. The van der Waals surface area contributed by atoms with Crippen molar-refractivity contribution >= 4 is 17.6 Å². The van der Waals surface area contributed by atoms with E-state index in [-0.39, 0.29) is 0 Å². The number of hydrogen-bond donors (Lipinski definition) is 0. The second kappa shape index (κ2) is 4.12. The van der Waals surface area contributed by atoms with Crippen molar-refractivity contribution in [3.63, 3.8) is 0 Å². The quantitative estimate of drug-likeness (QED) is 0.523. The summed E-state index contributed by atoms with van der Waals surface area (Å²) in [6.07, 6.45) is 0. The first-order valence-electron chi connectivity index (χ1n) is 4.33. The molecule has 3 heteroatoms. The average Bonchev–Trinajstić information content (AvgIpc) is 2.15. The Hall–Kier alpha value is -1.02. The van der Waals surface area contributed by atoms with Crippen molar-refractivity contribution < 1.29 is 12.3 Å². The number of rotatable bonds is 2. The Balaban J connectivity index is 2.95. The van der Waals surface area contributed by atoms with E-state index in [2.05, 4.69) is 4.74 Å². The van der Waals surface area contributed by atoms with E-state index in [0.717, 1.165) is 0 Å². The number of alkyl halides is 1. The molecule has 0 spiro atoms. The lowest BCUT2D eigenvalue weighted by Crippen LogP contribution is -2.00. The van der Waals surface area contributed by atoms with E-state index in [0.29, 0.717) is 11.1 Å². The topological polar surface area (TPSA) is 26.3 Å². The third kappa shape index (κ3) is 1.98. The van der Waals surface area contributed by atoms with Gasteiger partial charge in [-0.05, 0) is 17.7 Å². The van der Waals surface area contributed by atoms with Gasteiger partial charge in [-0.2, -0.15) is 0 Å². The molecule has 0 atom stereocenters. The molecule has 0 heterocycles. The third-order valence-electron chi connectivity index (χ3n) is 1.42. The Morgan fingerprint density at radius 2 is 2.17 bits per heavy atom. The second-order valence-electron chi connectivity index (χ2n) is 2.16. The van der Waals surface area contributed by atoms with Crippen LogP contribution in [0.5, 0.6) is 0 Å². The smallest absolute Gasteiger partial charge is 0.337 e. The monoisotopic (exact) mass is 186 g/mol. The molecule has 0 unspecified atom stereocenters. The van der Waals surface area contributed by atoms with Crippen LogP contribution in [-0.4, -0.2) is 13.1 Å². The maximum atomic E-state index is 11.0. The van der Waals surface area contributed by atoms with E-state index in [4.69, 9.17) is 14.3 Å². The highest BCUT2D eigenvalue weighted by atomic mass is 35.5. The Bertz CT molecular complexity index is 330. The van der Waals surface area contributed by atoms with E-state index in [1.165, 1.54) is 31.4 Å². The minimum Gasteiger partial charge on any atom is -0.465 e. The van der Waals surface area contributed by atoms with Crippen LogP contribution in [0.4, 0.5) is 0 Å². The first-order chi connectivity index (χ1) is 6.45. The summed E-state index contributed by atoms with van der Waals surface area (Å²) in [5.74, 6) is -2.36. The van der Waals surface area contributed by atoms with Crippen molar-refractivity contribution in [1.82, 2.24) is 0 Å². The molecule has 0 saturated heterocycles. The number of carbonyl (C=O) groups is 1. The van der Waals surface area contributed by atoms with Gasteiger partial charge in [0.2, 0.25) is 0 Å². The number of ether oxygens (including phenoxy) is 1. The molecule has 1 rings (SSSR count). The molecule has 12 heavy (non-hydrogen) atoms. The first kappa shape index (κ1) is 6.49. The van der Waals surface area contributed by atoms with Gasteiger partial charge in [0, 0.05) is 8.57 Å². The van der Waals surface area contributed by atoms with E-state index in [9.17, 15) is 4.79 Å². The number of carbonyl (C=O) groups excluding carboxylic acids is 1. The Labute approximate surface area is 78.9 Å². The Morgan fingerprint density at radius 1 is 1.58 bits per heavy atom. The van der Waals surface area contributed by atoms with Crippen LogP contribution in [0.15, 0.2) is 24.3 Å². The van der Waals surface area contributed by atoms with E-state index in [1.54, 1.807) is 0 Å². The molecule has 0 aliphatic heterocycles. The highest BCUT2D eigenvalue weighted by Crippen LogP contribution is 2.07. The van der Waals surface area contributed by atoms with Gasteiger partial charge in [0.25, 0.3) is 0 Å². The summed E-state index contributed by atoms with van der Waals surface area (Å²) in [6.45, 7) is 0. The summed E-state index contributed by atoms with van der Waals surface area (Å²) in [4.78, 5) is 11.0. The number of methoxy groups -OCH3 is 1. The zero-order valence-corrected chi connectivity index (χ0v) is 7.26. The van der Waals surface area contributed by atoms with Gasteiger partial charge in [-0.15, -0.1) is 11.6 Å². The SMILES string of the molecule is [2H]C([2H])(Cl)c1ccc(C(=O)OC)cc1. The molecular formula is C9H9ClO2. The summed E-state index contributed by atoms with van der Waals surface area (Å²) < 4.78 is 18.9. The average molecular weight is 187 g/mol. The fourth-order valence-electron chi connectivity index (χ4n) is 0.787. The fraction of sp³-hybridized carbons (Fsp3) is 0.222. The zero-order valence-electron chi connectivity index (χ0n) is 8.50. The van der Waals surface area contributed by atoms with Gasteiger partial charge in [0.1, 0.15) is 0 Å². The molecule has 0 aliphatic rings. The predicted molar refractivity (Wildman–Crippen MR) is 47.3 cm³/mol. The van der Waals surface area contributed by atoms with E-state index in [1.807, 2.05) is 0 Å². The molecular weight excluding hydrogens is 176 g/mol. The molecule has 0 radical (unpaired) electrons. The van der Waals surface area contributed by atoms with Gasteiger partial charge in [-0.1, -0.05) is 12.1 Å². The normalized spacial score (nSPS) is 13.2. The largest absolute Gasteiger partial charge is 0.465 e. The van der Waals surface area contributed by atoms with Crippen LogP contribution in [0.2, 0.25) is 0 Å². The Morgan fingerprint density at radius 3 is 2.58 bits per heavy atom. The van der Waals surface area contributed by atoms with Gasteiger partial charge in [0.05, 0.1) is 12.7 Å². The first-order valence-corrected chi connectivity index (χ1v) is 3.70. The van der Waals surface area contributed by atoms with Crippen LogP contribution in [0, 0.1) is 0 Å². The van der Waals surface area contributed by atoms with Gasteiger partial charge in [-0.25, -0.2) is 4.79 Å². The van der Waals surface area contributed by atoms with Gasteiger partial charge >= 0.3 is 5.97 Å².